The summed E-state index contributed by atoms with van der Waals surface area (Å²) < 4.78 is 0. The summed E-state index contributed by atoms with van der Waals surface area (Å²) in [6, 6.07) is 7.54. The summed E-state index contributed by atoms with van der Waals surface area (Å²) in [6.45, 7) is 0. The highest BCUT2D eigenvalue weighted by atomic mass is 16.4. The number of unbranched alkanes of at least 4 members (excludes halogenated alkanes) is 1. The van der Waals surface area contributed by atoms with Gasteiger partial charge in [-0.1, -0.05) is 6.07 Å². The van der Waals surface area contributed by atoms with Gasteiger partial charge in [-0.05, 0) is 31.0 Å². The highest BCUT2D eigenvalue weighted by Crippen LogP contribution is 2.09. The Morgan fingerprint density at radius 1 is 1.19 bits per heavy atom. The van der Waals surface area contributed by atoms with Gasteiger partial charge in [-0.15, -0.1) is 0 Å². The van der Waals surface area contributed by atoms with Crippen LogP contribution in [0, 0.1) is 11.3 Å². The van der Waals surface area contributed by atoms with Crippen LogP contribution in [-0.4, -0.2) is 23.0 Å². The van der Waals surface area contributed by atoms with Crippen molar-refractivity contribution in [1.29, 1.82) is 5.26 Å². The molecule has 0 fully saturated rings. The van der Waals surface area contributed by atoms with Gasteiger partial charge in [-0.2, -0.15) is 5.26 Å². The molecule has 0 saturated heterocycles. The van der Waals surface area contributed by atoms with E-state index in [-0.39, 0.29) is 12.8 Å². The van der Waals surface area contributed by atoms with Crippen LogP contribution in [0.4, 0.5) is 10.5 Å². The average molecular weight is 289 g/mol. The van der Waals surface area contributed by atoms with Crippen LogP contribution in [0.3, 0.4) is 0 Å². The van der Waals surface area contributed by atoms with E-state index < -0.39 is 17.9 Å². The highest BCUT2D eigenvalue weighted by molar-refractivity contribution is 6.01. The summed E-state index contributed by atoms with van der Waals surface area (Å²) in [7, 11) is 0. The van der Waals surface area contributed by atoms with Crippen molar-refractivity contribution in [3.63, 3.8) is 0 Å². The summed E-state index contributed by atoms with van der Waals surface area (Å²) in [5, 5.41) is 21.7. The quantitative estimate of drug-likeness (QED) is 0.690. The number of urea groups is 1. The molecule has 0 aliphatic heterocycles. The first-order valence-electron chi connectivity index (χ1n) is 6.34. The van der Waals surface area contributed by atoms with Crippen LogP contribution < -0.4 is 10.6 Å². The molecule has 110 valence electrons. The van der Waals surface area contributed by atoms with E-state index in [9.17, 15) is 14.4 Å². The molecule has 21 heavy (non-hydrogen) atoms. The molecular formula is C14H15N3O4. The predicted octanol–water partition coefficient (Wildman–Crippen LogP) is 1.85. The molecule has 1 aromatic rings. The van der Waals surface area contributed by atoms with E-state index in [1.54, 1.807) is 18.2 Å². The van der Waals surface area contributed by atoms with Crippen molar-refractivity contribution in [3.05, 3.63) is 29.8 Å². The molecule has 3 N–H and O–H groups in total. The van der Waals surface area contributed by atoms with Gasteiger partial charge in [0, 0.05) is 18.5 Å². The number of aliphatic carboxylic acids is 1. The summed E-state index contributed by atoms with van der Waals surface area (Å²) in [4.78, 5) is 33.3. The summed E-state index contributed by atoms with van der Waals surface area (Å²) in [5.74, 6) is -1.39. The van der Waals surface area contributed by atoms with Gasteiger partial charge in [0.05, 0.1) is 11.6 Å². The van der Waals surface area contributed by atoms with Gasteiger partial charge in [-0.3, -0.25) is 14.9 Å². The lowest BCUT2D eigenvalue weighted by Crippen LogP contribution is -2.34. The maximum absolute atomic E-state index is 11.5. The number of carbonyl (C=O) groups is 3. The summed E-state index contributed by atoms with van der Waals surface area (Å²) in [6.07, 6.45) is 0.864. The molecule has 0 spiro atoms. The Balaban J connectivity index is 2.34. The van der Waals surface area contributed by atoms with Gasteiger partial charge >= 0.3 is 12.0 Å². The van der Waals surface area contributed by atoms with E-state index in [4.69, 9.17) is 10.4 Å². The van der Waals surface area contributed by atoms with Gasteiger partial charge in [-0.25, -0.2) is 4.79 Å². The third-order valence-electron chi connectivity index (χ3n) is 2.55. The number of anilines is 1. The van der Waals surface area contributed by atoms with Crippen LogP contribution in [0.1, 0.15) is 31.2 Å². The lowest BCUT2D eigenvalue weighted by atomic mass is 10.2. The second-order valence-corrected chi connectivity index (χ2v) is 4.30. The van der Waals surface area contributed by atoms with Crippen molar-refractivity contribution in [2.45, 2.75) is 25.7 Å². The maximum atomic E-state index is 11.5. The van der Waals surface area contributed by atoms with Gasteiger partial charge < -0.3 is 10.4 Å². The first-order chi connectivity index (χ1) is 10.0. The van der Waals surface area contributed by atoms with E-state index in [0.717, 1.165) is 0 Å². The van der Waals surface area contributed by atoms with Crippen molar-refractivity contribution < 1.29 is 19.5 Å². The fraction of sp³-hybridized carbons (Fsp3) is 0.286. The van der Waals surface area contributed by atoms with Crippen LogP contribution in [-0.2, 0) is 9.59 Å². The SMILES string of the molecule is N#Cc1cccc(NC(=O)NC(=O)CCCCC(=O)O)c1. The maximum Gasteiger partial charge on any atom is 0.325 e. The molecule has 0 aromatic heterocycles. The van der Waals surface area contributed by atoms with Gasteiger partial charge in [0.15, 0.2) is 0 Å². The van der Waals surface area contributed by atoms with Crippen LogP contribution >= 0.6 is 0 Å². The molecule has 0 aliphatic rings. The van der Waals surface area contributed by atoms with Crippen LogP contribution in [0.25, 0.3) is 0 Å². The molecule has 0 unspecified atom stereocenters. The number of nitriles is 1. The number of carboxylic acids is 1. The van der Waals surface area contributed by atoms with Crippen molar-refractivity contribution in [1.82, 2.24) is 5.32 Å². The third kappa shape index (κ3) is 6.73. The topological polar surface area (TPSA) is 119 Å². The van der Waals surface area contributed by atoms with E-state index in [0.29, 0.717) is 24.1 Å². The monoisotopic (exact) mass is 289 g/mol. The third-order valence-corrected chi connectivity index (χ3v) is 2.55. The number of imide groups is 1. The van der Waals surface area contributed by atoms with E-state index >= 15 is 0 Å². The van der Waals surface area contributed by atoms with Crippen LogP contribution in [0.2, 0.25) is 0 Å². The lowest BCUT2D eigenvalue weighted by Gasteiger charge is -2.06. The lowest BCUT2D eigenvalue weighted by molar-refractivity contribution is -0.137. The highest BCUT2D eigenvalue weighted by Gasteiger charge is 2.08. The van der Waals surface area contributed by atoms with Gasteiger partial charge in [0.2, 0.25) is 5.91 Å². The molecule has 3 amide bonds. The smallest absolute Gasteiger partial charge is 0.325 e. The molecule has 1 rings (SSSR count). The van der Waals surface area contributed by atoms with Gasteiger partial charge in [0.25, 0.3) is 0 Å². The Morgan fingerprint density at radius 2 is 1.90 bits per heavy atom. The zero-order chi connectivity index (χ0) is 15.7. The number of benzene rings is 1. The molecule has 7 nitrogen and oxygen atoms in total. The second-order valence-electron chi connectivity index (χ2n) is 4.30. The molecule has 0 saturated carbocycles. The van der Waals surface area contributed by atoms with Crippen LogP contribution in [0.15, 0.2) is 24.3 Å². The first kappa shape index (κ1) is 16.2. The van der Waals surface area contributed by atoms with E-state index in [1.807, 2.05) is 6.07 Å². The minimum Gasteiger partial charge on any atom is -0.481 e. The predicted molar refractivity (Wildman–Crippen MR) is 74.4 cm³/mol. The number of carbonyl (C=O) groups excluding carboxylic acids is 2. The molecular weight excluding hydrogens is 274 g/mol. The number of rotatable bonds is 6. The minimum atomic E-state index is -0.912. The number of nitrogens with zero attached hydrogens (tertiary/aromatic N) is 1. The molecule has 0 aliphatic carbocycles. The largest absolute Gasteiger partial charge is 0.481 e. The Bertz CT molecular complexity index is 578. The molecule has 1 aromatic carbocycles. The van der Waals surface area contributed by atoms with Gasteiger partial charge in [0.1, 0.15) is 0 Å². The number of hydrogen-bond donors (Lipinski definition) is 3. The van der Waals surface area contributed by atoms with E-state index in [2.05, 4.69) is 10.6 Å². The number of nitrogens with one attached hydrogen (secondary N) is 2. The Hall–Kier alpha value is -2.88. The molecule has 0 heterocycles. The zero-order valence-electron chi connectivity index (χ0n) is 11.3. The summed E-state index contributed by atoms with van der Waals surface area (Å²) >= 11 is 0. The van der Waals surface area contributed by atoms with E-state index in [1.165, 1.54) is 6.07 Å². The van der Waals surface area contributed by atoms with Crippen molar-refractivity contribution in [3.8, 4) is 6.07 Å². The molecule has 0 bridgehead atoms. The number of carboxylic acid groups (broad SMARTS) is 1. The Kier molecular flexibility index (Phi) is 6.41. The standard InChI is InChI=1S/C14H15N3O4/c15-9-10-4-3-5-11(8-10)16-14(21)17-12(18)6-1-2-7-13(19)20/h3-5,8H,1-2,6-7H2,(H,19,20)(H2,16,17,18,21). The fourth-order valence-electron chi connectivity index (χ4n) is 1.58. The minimum absolute atomic E-state index is 0.000425. The molecule has 0 atom stereocenters. The average Bonchev–Trinajstić information content (AvgIpc) is 2.43. The van der Waals surface area contributed by atoms with Crippen molar-refractivity contribution in [2.24, 2.45) is 0 Å². The zero-order valence-corrected chi connectivity index (χ0v) is 11.3. The normalized spacial score (nSPS) is 9.48. The first-order valence-corrected chi connectivity index (χ1v) is 6.34. The number of amides is 3. The molecule has 0 radical (unpaired) electrons. The van der Waals surface area contributed by atoms with Crippen LogP contribution in [0.5, 0.6) is 0 Å². The fourth-order valence-corrected chi connectivity index (χ4v) is 1.58. The van der Waals surface area contributed by atoms with Crippen molar-refractivity contribution in [2.75, 3.05) is 5.32 Å². The Morgan fingerprint density at radius 3 is 2.57 bits per heavy atom. The second kappa shape index (κ2) is 8.32. The summed E-state index contributed by atoms with van der Waals surface area (Å²) in [5.41, 5.74) is 0.804. The van der Waals surface area contributed by atoms with Crippen molar-refractivity contribution >= 4 is 23.6 Å². The number of hydrogen-bond acceptors (Lipinski definition) is 4. The Labute approximate surface area is 121 Å². The molecule has 7 heteroatoms.